The highest BCUT2D eigenvalue weighted by Crippen LogP contribution is 2.45. The SMILES string of the molecule is CC(C)[C@@H](NC(=O)[C@H](C1CCCCC1)N(C)C(=O)OCC1c2ccccc2-c2ccccc21)C(=O)OC(c1ccccc1)(c1ccccc1)c1ccccc1. The lowest BCUT2D eigenvalue weighted by Gasteiger charge is -2.38. The maximum atomic E-state index is 14.7. The van der Waals surface area contributed by atoms with Crippen molar-refractivity contribution in [3.8, 4) is 11.1 Å². The van der Waals surface area contributed by atoms with Gasteiger partial charge < -0.3 is 14.8 Å². The summed E-state index contributed by atoms with van der Waals surface area (Å²) in [6.45, 7) is 3.94. The number of carbonyl (C=O) groups is 3. The number of ether oxygens (including phenoxy) is 2. The molecule has 0 bridgehead atoms. The summed E-state index contributed by atoms with van der Waals surface area (Å²) in [6, 6.07) is 43.7. The first-order valence-corrected chi connectivity index (χ1v) is 19.6. The number of esters is 1. The molecule has 2 atom stereocenters. The predicted octanol–water partition coefficient (Wildman–Crippen LogP) is 9.49. The highest BCUT2D eigenvalue weighted by Gasteiger charge is 2.44. The molecule has 0 saturated heterocycles. The van der Waals surface area contributed by atoms with Crippen LogP contribution in [0.3, 0.4) is 0 Å². The van der Waals surface area contributed by atoms with E-state index in [4.69, 9.17) is 9.47 Å². The van der Waals surface area contributed by atoms with E-state index in [1.54, 1.807) is 7.05 Å². The lowest BCUT2D eigenvalue weighted by atomic mass is 9.80. The van der Waals surface area contributed by atoms with Gasteiger partial charge in [0.1, 0.15) is 18.7 Å². The smallest absolute Gasteiger partial charge is 0.410 e. The number of benzene rings is 5. The molecule has 0 unspecified atom stereocenters. The monoisotopic (exact) mass is 734 g/mol. The van der Waals surface area contributed by atoms with Crippen LogP contribution in [0.15, 0.2) is 140 Å². The molecule has 282 valence electrons. The minimum absolute atomic E-state index is 0.0832. The molecule has 7 heteroatoms. The fourth-order valence-corrected chi connectivity index (χ4v) is 8.61. The van der Waals surface area contributed by atoms with E-state index in [-0.39, 0.29) is 30.3 Å². The molecule has 7 rings (SSSR count). The first-order chi connectivity index (χ1) is 26.8. The van der Waals surface area contributed by atoms with Gasteiger partial charge >= 0.3 is 12.1 Å². The number of amides is 2. The number of nitrogens with zero attached hydrogens (tertiary/aromatic N) is 1. The fraction of sp³-hybridized carbons (Fsp3) is 0.312. The van der Waals surface area contributed by atoms with Gasteiger partial charge in [-0.25, -0.2) is 9.59 Å². The van der Waals surface area contributed by atoms with Crippen LogP contribution in [0.4, 0.5) is 4.79 Å². The van der Waals surface area contributed by atoms with Crippen molar-refractivity contribution in [3.63, 3.8) is 0 Å². The van der Waals surface area contributed by atoms with Gasteiger partial charge in [0.05, 0.1) is 0 Å². The van der Waals surface area contributed by atoms with E-state index in [1.165, 1.54) is 4.90 Å². The molecule has 7 nitrogen and oxygen atoms in total. The average molecular weight is 735 g/mol. The second-order valence-corrected chi connectivity index (χ2v) is 15.2. The van der Waals surface area contributed by atoms with Gasteiger partial charge in [-0.1, -0.05) is 173 Å². The zero-order valence-corrected chi connectivity index (χ0v) is 31.9. The van der Waals surface area contributed by atoms with E-state index in [2.05, 4.69) is 29.6 Å². The summed E-state index contributed by atoms with van der Waals surface area (Å²) < 4.78 is 12.8. The molecule has 1 saturated carbocycles. The zero-order valence-electron chi connectivity index (χ0n) is 31.9. The third kappa shape index (κ3) is 7.66. The molecule has 2 aliphatic rings. The standard InChI is InChI=1S/C48H50N2O5/c1-33(2)43(46(52)55-48(35-22-10-5-11-23-35,36-24-12-6-13-25-36)37-26-14-7-15-27-37)49-45(51)44(34-20-8-4-9-21-34)50(3)47(53)54-32-42-40-30-18-16-28-38(40)39-29-17-19-31-41(39)42/h5-7,10-19,22-31,33-34,42-44H,4,8-9,20-21,32H2,1-3H3,(H,49,51)/t43-,44+/m1/s1. The summed E-state index contributed by atoms with van der Waals surface area (Å²) >= 11 is 0. The van der Waals surface area contributed by atoms with Gasteiger partial charge in [0.15, 0.2) is 5.60 Å². The summed E-state index contributed by atoms with van der Waals surface area (Å²) in [5.41, 5.74) is 5.59. The molecule has 2 aliphatic carbocycles. The third-order valence-electron chi connectivity index (χ3n) is 11.4. The van der Waals surface area contributed by atoms with Gasteiger partial charge in [-0.05, 0) is 46.9 Å². The highest BCUT2D eigenvalue weighted by molar-refractivity contribution is 5.90. The lowest BCUT2D eigenvalue weighted by molar-refractivity contribution is -0.159. The number of rotatable bonds is 12. The molecule has 1 N–H and O–H groups in total. The van der Waals surface area contributed by atoms with Crippen LogP contribution >= 0.6 is 0 Å². The first-order valence-electron chi connectivity index (χ1n) is 19.6. The quantitative estimate of drug-likeness (QED) is 0.102. The van der Waals surface area contributed by atoms with Crippen molar-refractivity contribution >= 4 is 18.0 Å². The summed E-state index contributed by atoms with van der Waals surface area (Å²) in [5.74, 6) is -1.45. The maximum Gasteiger partial charge on any atom is 0.410 e. The van der Waals surface area contributed by atoms with E-state index in [0.29, 0.717) is 0 Å². The molecule has 5 aromatic carbocycles. The first kappa shape index (κ1) is 37.6. The Kier molecular flexibility index (Phi) is 11.5. The molecular formula is C48H50N2O5. The number of hydrogen-bond donors (Lipinski definition) is 1. The lowest BCUT2D eigenvalue weighted by Crippen LogP contribution is -2.57. The Balaban J connectivity index is 1.15. The Morgan fingerprint density at radius 1 is 0.673 bits per heavy atom. The van der Waals surface area contributed by atoms with Crippen molar-refractivity contribution in [2.75, 3.05) is 13.7 Å². The maximum absolute atomic E-state index is 14.7. The Morgan fingerprint density at radius 3 is 1.60 bits per heavy atom. The van der Waals surface area contributed by atoms with Crippen LogP contribution in [0.25, 0.3) is 11.1 Å². The van der Waals surface area contributed by atoms with Crippen LogP contribution in [0.5, 0.6) is 0 Å². The number of fused-ring (bicyclic) bond motifs is 3. The molecular weight excluding hydrogens is 685 g/mol. The predicted molar refractivity (Wildman–Crippen MR) is 215 cm³/mol. The number of nitrogens with one attached hydrogen (secondary N) is 1. The van der Waals surface area contributed by atoms with Gasteiger partial charge in [-0.15, -0.1) is 0 Å². The molecule has 2 amide bonds. The normalized spacial score (nSPS) is 15.3. The molecule has 0 aromatic heterocycles. The van der Waals surface area contributed by atoms with Crippen LogP contribution < -0.4 is 5.32 Å². The van der Waals surface area contributed by atoms with Gasteiger partial charge in [0.25, 0.3) is 0 Å². The number of carbonyl (C=O) groups excluding carboxylic acids is 3. The molecule has 55 heavy (non-hydrogen) atoms. The molecule has 0 spiro atoms. The van der Waals surface area contributed by atoms with Crippen molar-refractivity contribution in [3.05, 3.63) is 167 Å². The largest absolute Gasteiger partial charge is 0.448 e. The van der Waals surface area contributed by atoms with Gasteiger partial charge in [0.2, 0.25) is 5.91 Å². The second kappa shape index (κ2) is 16.8. The van der Waals surface area contributed by atoms with Crippen molar-refractivity contribution in [2.45, 2.75) is 69.6 Å². The van der Waals surface area contributed by atoms with E-state index < -0.39 is 29.7 Å². The van der Waals surface area contributed by atoms with E-state index in [1.807, 2.05) is 129 Å². The summed E-state index contributed by atoms with van der Waals surface area (Å²) in [5, 5.41) is 3.09. The molecule has 0 aliphatic heterocycles. The van der Waals surface area contributed by atoms with Crippen molar-refractivity contribution in [1.82, 2.24) is 10.2 Å². The molecule has 5 aromatic rings. The Morgan fingerprint density at radius 2 is 1.13 bits per heavy atom. The van der Waals surface area contributed by atoms with Crippen molar-refractivity contribution in [2.24, 2.45) is 11.8 Å². The molecule has 0 radical (unpaired) electrons. The van der Waals surface area contributed by atoms with Gasteiger partial charge in [-0.2, -0.15) is 0 Å². The fourth-order valence-electron chi connectivity index (χ4n) is 8.61. The summed E-state index contributed by atoms with van der Waals surface area (Å²) in [6.07, 6.45) is 4.06. The minimum Gasteiger partial charge on any atom is -0.448 e. The zero-order chi connectivity index (χ0) is 38.4. The van der Waals surface area contributed by atoms with Crippen LogP contribution in [0, 0.1) is 11.8 Å². The Labute approximate surface area is 324 Å². The minimum atomic E-state index is -1.29. The van der Waals surface area contributed by atoms with Crippen molar-refractivity contribution < 1.29 is 23.9 Å². The van der Waals surface area contributed by atoms with Crippen LogP contribution in [0.1, 0.15) is 79.7 Å². The topological polar surface area (TPSA) is 84.9 Å². The second-order valence-electron chi connectivity index (χ2n) is 15.2. The highest BCUT2D eigenvalue weighted by atomic mass is 16.6. The number of hydrogen-bond acceptors (Lipinski definition) is 5. The van der Waals surface area contributed by atoms with Crippen LogP contribution in [-0.4, -0.2) is 48.6 Å². The Bertz CT molecular complexity index is 1940. The van der Waals surface area contributed by atoms with E-state index in [9.17, 15) is 14.4 Å². The summed E-state index contributed by atoms with van der Waals surface area (Å²) in [7, 11) is 1.64. The van der Waals surface area contributed by atoms with Crippen molar-refractivity contribution in [1.29, 1.82) is 0 Å². The third-order valence-corrected chi connectivity index (χ3v) is 11.4. The molecule has 0 heterocycles. The van der Waals surface area contributed by atoms with Gasteiger partial charge in [-0.3, -0.25) is 9.69 Å². The van der Waals surface area contributed by atoms with Gasteiger partial charge in [0, 0.05) is 29.7 Å². The average Bonchev–Trinajstić information content (AvgIpc) is 3.55. The van der Waals surface area contributed by atoms with E-state index in [0.717, 1.165) is 71.0 Å². The molecule has 1 fully saturated rings. The van der Waals surface area contributed by atoms with E-state index >= 15 is 0 Å². The van der Waals surface area contributed by atoms with Crippen LogP contribution in [-0.2, 0) is 24.7 Å². The summed E-state index contributed by atoms with van der Waals surface area (Å²) in [4.78, 5) is 44.7. The Hall–Kier alpha value is -5.69. The van der Waals surface area contributed by atoms with Crippen LogP contribution in [0.2, 0.25) is 0 Å². The number of likely N-dealkylation sites (N-methyl/N-ethyl adjacent to an activating group) is 1.